The van der Waals surface area contributed by atoms with Crippen LogP contribution in [0, 0.1) is 6.92 Å². The maximum atomic E-state index is 11.8. The monoisotopic (exact) mass is 293 g/mol. The van der Waals surface area contributed by atoms with Crippen molar-refractivity contribution in [2.45, 2.75) is 6.92 Å². The number of furan rings is 1. The van der Waals surface area contributed by atoms with Gasteiger partial charge in [-0.05, 0) is 18.6 Å². The van der Waals surface area contributed by atoms with E-state index in [1.807, 2.05) is 43.3 Å². The molecule has 4 aromatic rings. The summed E-state index contributed by atoms with van der Waals surface area (Å²) in [7, 11) is 0. The van der Waals surface area contributed by atoms with Gasteiger partial charge in [0.2, 0.25) is 11.3 Å². The van der Waals surface area contributed by atoms with Gasteiger partial charge in [0.25, 0.3) is 5.56 Å². The van der Waals surface area contributed by atoms with E-state index in [4.69, 9.17) is 4.42 Å². The van der Waals surface area contributed by atoms with E-state index in [0.717, 1.165) is 16.8 Å². The number of H-pyrrole nitrogens is 2. The van der Waals surface area contributed by atoms with Gasteiger partial charge in [-0.25, -0.2) is 9.78 Å². The molecule has 0 aliphatic heterocycles. The molecular formula is C16H11N3O3. The topological polar surface area (TPSA) is 91.8 Å². The first-order valence-electron chi connectivity index (χ1n) is 6.75. The number of benzene rings is 1. The van der Waals surface area contributed by atoms with Gasteiger partial charge in [0, 0.05) is 5.56 Å². The zero-order chi connectivity index (χ0) is 15.3. The summed E-state index contributed by atoms with van der Waals surface area (Å²) in [4.78, 5) is 32.5. The van der Waals surface area contributed by atoms with Crippen molar-refractivity contribution in [2.24, 2.45) is 0 Å². The predicted molar refractivity (Wildman–Crippen MR) is 82.9 cm³/mol. The molecule has 6 nitrogen and oxygen atoms in total. The molecule has 0 amide bonds. The number of hydrogen-bond acceptors (Lipinski definition) is 4. The third-order valence-electron chi connectivity index (χ3n) is 3.60. The van der Waals surface area contributed by atoms with Crippen LogP contribution in [0.2, 0.25) is 0 Å². The van der Waals surface area contributed by atoms with Crippen LogP contribution in [0.3, 0.4) is 0 Å². The summed E-state index contributed by atoms with van der Waals surface area (Å²) in [5.74, 6) is 0. The Bertz CT molecular complexity index is 1120. The van der Waals surface area contributed by atoms with Crippen LogP contribution in [-0.2, 0) is 0 Å². The summed E-state index contributed by atoms with van der Waals surface area (Å²) >= 11 is 0. The second-order valence-corrected chi connectivity index (χ2v) is 5.09. The molecule has 0 unspecified atom stereocenters. The fraction of sp³-hybridized carbons (Fsp3) is 0.0625. The Morgan fingerprint density at radius 1 is 1.09 bits per heavy atom. The minimum Gasteiger partial charge on any atom is -0.430 e. The van der Waals surface area contributed by atoms with E-state index in [-0.39, 0.29) is 5.58 Å². The zero-order valence-electron chi connectivity index (χ0n) is 11.6. The van der Waals surface area contributed by atoms with Crippen LogP contribution in [0.1, 0.15) is 5.56 Å². The first-order chi connectivity index (χ1) is 10.6. The molecule has 0 bridgehead atoms. The summed E-state index contributed by atoms with van der Waals surface area (Å²) in [6, 6.07) is 11.6. The lowest BCUT2D eigenvalue weighted by Crippen LogP contribution is -2.20. The highest BCUT2D eigenvalue weighted by Crippen LogP contribution is 2.29. The van der Waals surface area contributed by atoms with Gasteiger partial charge in [0.15, 0.2) is 0 Å². The Balaban J connectivity index is 2.12. The lowest BCUT2D eigenvalue weighted by Gasteiger charge is -2.02. The molecule has 4 rings (SSSR count). The fourth-order valence-electron chi connectivity index (χ4n) is 2.62. The van der Waals surface area contributed by atoms with Crippen LogP contribution in [0.15, 0.2) is 50.4 Å². The maximum Gasteiger partial charge on any atom is 0.326 e. The van der Waals surface area contributed by atoms with E-state index in [1.165, 1.54) is 0 Å². The molecule has 6 heteroatoms. The molecule has 0 saturated carbocycles. The third-order valence-corrected chi connectivity index (χ3v) is 3.60. The Morgan fingerprint density at radius 3 is 2.64 bits per heavy atom. The summed E-state index contributed by atoms with van der Waals surface area (Å²) in [5, 5.41) is 0.651. The van der Waals surface area contributed by atoms with Gasteiger partial charge in [-0.2, -0.15) is 0 Å². The number of nitrogens with one attached hydrogen (secondary N) is 2. The van der Waals surface area contributed by atoms with Gasteiger partial charge in [0.1, 0.15) is 5.52 Å². The minimum absolute atomic E-state index is 0.0791. The van der Waals surface area contributed by atoms with Gasteiger partial charge in [-0.15, -0.1) is 0 Å². The highest BCUT2D eigenvalue weighted by Gasteiger charge is 2.16. The zero-order valence-corrected chi connectivity index (χ0v) is 11.6. The first-order valence-corrected chi connectivity index (χ1v) is 6.75. The standard InChI is InChI=1S/C16H11N3O3/c1-8-7-10(9-5-3-2-4-6-9)17-15-11(8)12-13(22-15)14(20)19-16(21)18-12/h2-7H,1H3,(H2,18,19,20,21). The van der Waals surface area contributed by atoms with Crippen molar-refractivity contribution in [3.8, 4) is 11.3 Å². The highest BCUT2D eigenvalue weighted by atomic mass is 16.3. The molecule has 0 aliphatic carbocycles. The minimum atomic E-state index is -0.563. The molecule has 2 N–H and O–H groups in total. The van der Waals surface area contributed by atoms with E-state index in [0.29, 0.717) is 16.6 Å². The Morgan fingerprint density at radius 2 is 1.86 bits per heavy atom. The molecule has 0 aliphatic rings. The number of hydrogen-bond donors (Lipinski definition) is 2. The molecular weight excluding hydrogens is 282 g/mol. The van der Waals surface area contributed by atoms with Gasteiger partial charge in [0.05, 0.1) is 11.1 Å². The number of pyridine rings is 1. The van der Waals surface area contributed by atoms with Crippen molar-refractivity contribution >= 4 is 22.2 Å². The molecule has 0 radical (unpaired) electrons. The van der Waals surface area contributed by atoms with Crippen LogP contribution < -0.4 is 11.2 Å². The average molecular weight is 293 g/mol. The fourth-order valence-corrected chi connectivity index (χ4v) is 2.62. The normalized spacial score (nSPS) is 11.3. The quantitative estimate of drug-likeness (QED) is 0.563. The van der Waals surface area contributed by atoms with Gasteiger partial charge in [-0.3, -0.25) is 9.78 Å². The lowest BCUT2D eigenvalue weighted by molar-refractivity contribution is 0.646. The molecule has 0 saturated heterocycles. The summed E-state index contributed by atoms with van der Waals surface area (Å²) in [5.41, 5.74) is 2.26. The van der Waals surface area contributed by atoms with Crippen molar-refractivity contribution in [1.29, 1.82) is 0 Å². The van der Waals surface area contributed by atoms with E-state index < -0.39 is 11.2 Å². The average Bonchev–Trinajstić information content (AvgIpc) is 2.87. The van der Waals surface area contributed by atoms with Crippen LogP contribution in [0.4, 0.5) is 0 Å². The third kappa shape index (κ3) is 1.77. The molecule has 0 fully saturated rings. The molecule has 108 valence electrons. The van der Waals surface area contributed by atoms with Gasteiger partial charge >= 0.3 is 5.69 Å². The van der Waals surface area contributed by atoms with Crippen molar-refractivity contribution < 1.29 is 4.42 Å². The van der Waals surface area contributed by atoms with Crippen molar-refractivity contribution in [2.75, 3.05) is 0 Å². The maximum absolute atomic E-state index is 11.8. The smallest absolute Gasteiger partial charge is 0.326 e. The van der Waals surface area contributed by atoms with Crippen molar-refractivity contribution in [3.63, 3.8) is 0 Å². The van der Waals surface area contributed by atoms with E-state index in [2.05, 4.69) is 15.0 Å². The number of aromatic nitrogens is 3. The van der Waals surface area contributed by atoms with Crippen LogP contribution in [-0.4, -0.2) is 15.0 Å². The predicted octanol–water partition coefficient (Wildman–Crippen LogP) is 2.33. The number of nitrogens with zero attached hydrogens (tertiary/aromatic N) is 1. The largest absolute Gasteiger partial charge is 0.430 e. The second kappa shape index (κ2) is 4.42. The van der Waals surface area contributed by atoms with Gasteiger partial charge < -0.3 is 9.40 Å². The first kappa shape index (κ1) is 12.6. The number of rotatable bonds is 1. The summed E-state index contributed by atoms with van der Waals surface area (Å²) in [6.07, 6.45) is 0. The summed E-state index contributed by atoms with van der Waals surface area (Å²) < 4.78 is 5.56. The molecule has 0 atom stereocenters. The molecule has 3 aromatic heterocycles. The van der Waals surface area contributed by atoms with Gasteiger partial charge in [-0.1, -0.05) is 30.3 Å². The SMILES string of the molecule is Cc1cc(-c2ccccc2)nc2oc3c(=O)[nH]c(=O)[nH]c3c12. The molecule has 22 heavy (non-hydrogen) atoms. The molecule has 0 spiro atoms. The van der Waals surface area contributed by atoms with E-state index in [1.54, 1.807) is 0 Å². The Hall–Kier alpha value is -3.15. The second-order valence-electron chi connectivity index (χ2n) is 5.09. The van der Waals surface area contributed by atoms with Crippen LogP contribution >= 0.6 is 0 Å². The Kier molecular flexibility index (Phi) is 2.53. The highest BCUT2D eigenvalue weighted by molar-refractivity contribution is 6.03. The molecule has 1 aromatic carbocycles. The van der Waals surface area contributed by atoms with E-state index >= 15 is 0 Å². The number of aryl methyl sites for hydroxylation is 1. The number of aromatic amines is 2. The number of fused-ring (bicyclic) bond motifs is 3. The lowest BCUT2D eigenvalue weighted by atomic mass is 10.1. The van der Waals surface area contributed by atoms with Crippen molar-refractivity contribution in [3.05, 3.63) is 62.8 Å². The Labute approximate surface area is 123 Å². The molecule has 3 heterocycles. The van der Waals surface area contributed by atoms with Crippen LogP contribution in [0.25, 0.3) is 33.5 Å². The van der Waals surface area contributed by atoms with E-state index in [9.17, 15) is 9.59 Å². The summed E-state index contributed by atoms with van der Waals surface area (Å²) in [6.45, 7) is 1.89. The van der Waals surface area contributed by atoms with Crippen molar-refractivity contribution in [1.82, 2.24) is 15.0 Å². The van der Waals surface area contributed by atoms with Crippen LogP contribution in [0.5, 0.6) is 0 Å².